The molecule has 0 radical (unpaired) electrons. The van der Waals surface area contributed by atoms with Gasteiger partial charge in [0.15, 0.2) is 0 Å². The van der Waals surface area contributed by atoms with Crippen LogP contribution in [0, 0.1) is 17.8 Å². The Labute approximate surface area is 126 Å². The van der Waals surface area contributed by atoms with Crippen molar-refractivity contribution >= 4 is 12.0 Å². The van der Waals surface area contributed by atoms with Gasteiger partial charge in [0.1, 0.15) is 0 Å². The zero-order valence-electron chi connectivity index (χ0n) is 13.1. The van der Waals surface area contributed by atoms with E-state index in [1.165, 1.54) is 0 Å². The highest BCUT2D eigenvalue weighted by molar-refractivity contribution is 5.74. The summed E-state index contributed by atoms with van der Waals surface area (Å²) in [6.07, 6.45) is 3.01. The summed E-state index contributed by atoms with van der Waals surface area (Å²) in [7, 11) is 0. The molecule has 0 bridgehead atoms. The lowest BCUT2D eigenvalue weighted by molar-refractivity contribution is -0.138. The molecular weight excluding hydrogens is 272 g/mol. The van der Waals surface area contributed by atoms with Gasteiger partial charge in [-0.05, 0) is 37.0 Å². The Hall–Kier alpha value is -1.30. The first kappa shape index (κ1) is 17.8. The number of aliphatic carboxylic acids is 1. The summed E-state index contributed by atoms with van der Waals surface area (Å²) < 4.78 is 5.36. The SMILES string of the molecule is CC(C)CC(CNC(=O)NCC1CCCOC1)CC(=O)O. The molecule has 1 fully saturated rings. The standard InChI is InChI=1S/C15H28N2O4/c1-11(2)6-13(7-14(18)19)9-17-15(20)16-8-12-4-3-5-21-10-12/h11-13H,3-10H2,1-2H3,(H,18,19)(H2,16,17,20). The van der Waals surface area contributed by atoms with Crippen LogP contribution in [0.2, 0.25) is 0 Å². The number of hydrogen-bond acceptors (Lipinski definition) is 3. The molecule has 2 unspecified atom stereocenters. The number of carboxylic acids is 1. The first-order valence-electron chi connectivity index (χ1n) is 7.78. The second kappa shape index (κ2) is 9.60. The fraction of sp³-hybridized carbons (Fsp3) is 0.867. The third kappa shape index (κ3) is 8.55. The number of hydrogen-bond donors (Lipinski definition) is 3. The van der Waals surface area contributed by atoms with Crippen LogP contribution in [-0.4, -0.2) is 43.4 Å². The Balaban J connectivity index is 2.23. The first-order chi connectivity index (χ1) is 9.97. The lowest BCUT2D eigenvalue weighted by atomic mass is 9.94. The quantitative estimate of drug-likeness (QED) is 0.638. The van der Waals surface area contributed by atoms with Crippen molar-refractivity contribution in [3.8, 4) is 0 Å². The van der Waals surface area contributed by atoms with Crippen molar-refractivity contribution in [2.24, 2.45) is 17.8 Å². The highest BCUT2D eigenvalue weighted by Crippen LogP contribution is 2.15. The summed E-state index contributed by atoms with van der Waals surface area (Å²) in [5.41, 5.74) is 0. The van der Waals surface area contributed by atoms with Gasteiger partial charge in [0.25, 0.3) is 0 Å². The van der Waals surface area contributed by atoms with Gasteiger partial charge in [-0.1, -0.05) is 13.8 Å². The van der Waals surface area contributed by atoms with Crippen LogP contribution < -0.4 is 10.6 Å². The minimum Gasteiger partial charge on any atom is -0.481 e. The number of rotatable bonds is 8. The van der Waals surface area contributed by atoms with E-state index < -0.39 is 5.97 Å². The molecule has 1 aliphatic heterocycles. The summed E-state index contributed by atoms with van der Waals surface area (Å²) in [4.78, 5) is 22.6. The number of carboxylic acid groups (broad SMARTS) is 1. The van der Waals surface area contributed by atoms with Gasteiger partial charge < -0.3 is 20.5 Å². The number of amides is 2. The molecule has 1 saturated heterocycles. The lowest BCUT2D eigenvalue weighted by Gasteiger charge is -2.23. The normalized spacial score (nSPS) is 20.0. The molecular formula is C15H28N2O4. The molecule has 1 aliphatic rings. The molecule has 0 aromatic heterocycles. The van der Waals surface area contributed by atoms with Gasteiger partial charge in [-0.25, -0.2) is 4.79 Å². The van der Waals surface area contributed by atoms with Crippen molar-refractivity contribution in [1.82, 2.24) is 10.6 Å². The van der Waals surface area contributed by atoms with E-state index in [9.17, 15) is 9.59 Å². The topological polar surface area (TPSA) is 87.7 Å². The smallest absolute Gasteiger partial charge is 0.314 e. The third-order valence-corrected chi connectivity index (χ3v) is 3.63. The van der Waals surface area contributed by atoms with Crippen LogP contribution in [0.25, 0.3) is 0 Å². The summed E-state index contributed by atoms with van der Waals surface area (Å²) in [5, 5.41) is 14.5. The maximum Gasteiger partial charge on any atom is 0.314 e. The number of nitrogens with one attached hydrogen (secondary N) is 2. The Morgan fingerprint density at radius 1 is 1.33 bits per heavy atom. The van der Waals surface area contributed by atoms with E-state index in [1.54, 1.807) is 0 Å². The van der Waals surface area contributed by atoms with Gasteiger partial charge in [0, 0.05) is 26.1 Å². The maximum atomic E-state index is 11.8. The second-order valence-electron chi connectivity index (χ2n) is 6.27. The van der Waals surface area contributed by atoms with E-state index in [0.29, 0.717) is 31.5 Å². The molecule has 0 aliphatic carbocycles. The van der Waals surface area contributed by atoms with Gasteiger partial charge in [0.05, 0.1) is 6.61 Å². The van der Waals surface area contributed by atoms with Crippen molar-refractivity contribution in [1.29, 1.82) is 0 Å². The molecule has 0 aromatic rings. The second-order valence-corrected chi connectivity index (χ2v) is 6.27. The van der Waals surface area contributed by atoms with E-state index in [1.807, 2.05) is 0 Å². The van der Waals surface area contributed by atoms with Crippen LogP contribution >= 0.6 is 0 Å². The van der Waals surface area contributed by atoms with Crippen LogP contribution in [0.5, 0.6) is 0 Å². The molecule has 6 nitrogen and oxygen atoms in total. The van der Waals surface area contributed by atoms with Crippen molar-refractivity contribution < 1.29 is 19.4 Å². The van der Waals surface area contributed by atoms with E-state index >= 15 is 0 Å². The van der Waals surface area contributed by atoms with Crippen LogP contribution in [0.3, 0.4) is 0 Å². The lowest BCUT2D eigenvalue weighted by Crippen LogP contribution is -2.42. The molecule has 2 amide bonds. The summed E-state index contributed by atoms with van der Waals surface area (Å²) >= 11 is 0. The number of ether oxygens (including phenoxy) is 1. The molecule has 0 saturated carbocycles. The van der Waals surface area contributed by atoms with E-state index in [0.717, 1.165) is 25.9 Å². The van der Waals surface area contributed by atoms with Gasteiger partial charge in [-0.15, -0.1) is 0 Å². The van der Waals surface area contributed by atoms with E-state index in [2.05, 4.69) is 24.5 Å². The third-order valence-electron chi connectivity index (χ3n) is 3.63. The highest BCUT2D eigenvalue weighted by Gasteiger charge is 2.17. The fourth-order valence-corrected chi connectivity index (χ4v) is 2.66. The predicted octanol–water partition coefficient (Wildman–Crippen LogP) is 1.85. The van der Waals surface area contributed by atoms with Crippen LogP contribution in [-0.2, 0) is 9.53 Å². The summed E-state index contributed by atoms with van der Waals surface area (Å²) in [6, 6.07) is -0.222. The number of carbonyl (C=O) groups excluding carboxylic acids is 1. The van der Waals surface area contributed by atoms with Gasteiger partial charge in [-0.2, -0.15) is 0 Å². The Bertz CT molecular complexity index is 328. The fourth-order valence-electron chi connectivity index (χ4n) is 2.66. The van der Waals surface area contributed by atoms with Crippen LogP contribution in [0.15, 0.2) is 0 Å². The molecule has 122 valence electrons. The molecule has 1 heterocycles. The predicted molar refractivity (Wildman–Crippen MR) is 80.1 cm³/mol. The van der Waals surface area contributed by atoms with Crippen molar-refractivity contribution in [3.05, 3.63) is 0 Å². The van der Waals surface area contributed by atoms with Gasteiger partial charge >= 0.3 is 12.0 Å². The van der Waals surface area contributed by atoms with Crippen molar-refractivity contribution in [2.75, 3.05) is 26.3 Å². The Morgan fingerprint density at radius 3 is 2.67 bits per heavy atom. The van der Waals surface area contributed by atoms with Crippen LogP contribution in [0.4, 0.5) is 4.79 Å². The molecule has 2 atom stereocenters. The van der Waals surface area contributed by atoms with Crippen LogP contribution in [0.1, 0.15) is 39.5 Å². The number of carbonyl (C=O) groups is 2. The number of urea groups is 1. The van der Waals surface area contributed by atoms with Crippen molar-refractivity contribution in [3.63, 3.8) is 0 Å². The average Bonchev–Trinajstić information content (AvgIpc) is 2.42. The molecule has 6 heteroatoms. The van der Waals surface area contributed by atoms with E-state index in [-0.39, 0.29) is 18.4 Å². The Kier molecular flexibility index (Phi) is 8.12. The zero-order chi connectivity index (χ0) is 15.7. The molecule has 21 heavy (non-hydrogen) atoms. The minimum atomic E-state index is -0.817. The highest BCUT2D eigenvalue weighted by atomic mass is 16.5. The molecule has 1 rings (SSSR count). The maximum absolute atomic E-state index is 11.8. The summed E-state index contributed by atoms with van der Waals surface area (Å²) in [6.45, 7) is 6.64. The summed E-state index contributed by atoms with van der Waals surface area (Å²) in [5.74, 6) is -0.0398. The van der Waals surface area contributed by atoms with Crippen molar-refractivity contribution in [2.45, 2.75) is 39.5 Å². The van der Waals surface area contributed by atoms with E-state index in [4.69, 9.17) is 9.84 Å². The minimum absolute atomic E-state index is 0.0220. The largest absolute Gasteiger partial charge is 0.481 e. The Morgan fingerprint density at radius 2 is 2.10 bits per heavy atom. The molecule has 0 aromatic carbocycles. The first-order valence-corrected chi connectivity index (χ1v) is 7.78. The monoisotopic (exact) mass is 300 g/mol. The average molecular weight is 300 g/mol. The van der Waals surface area contributed by atoms with Gasteiger partial charge in [0.2, 0.25) is 0 Å². The molecule has 3 N–H and O–H groups in total. The molecule has 0 spiro atoms. The van der Waals surface area contributed by atoms with Gasteiger partial charge in [-0.3, -0.25) is 4.79 Å². The zero-order valence-corrected chi connectivity index (χ0v) is 13.1.